The third kappa shape index (κ3) is 3.62. The first kappa shape index (κ1) is 17.0. The van der Waals surface area contributed by atoms with Crippen LogP contribution in [0.15, 0.2) is 84.9 Å². The number of rotatable bonds is 5. The maximum absolute atomic E-state index is 13.9. The molecule has 3 aromatic carbocycles. The molecule has 24 heavy (non-hydrogen) atoms. The van der Waals surface area contributed by atoms with Crippen LogP contribution in [0.2, 0.25) is 5.02 Å². The molecule has 4 heteroatoms. The molecule has 0 saturated heterocycles. The molecule has 1 N–H and O–H groups in total. The molecule has 0 radical (unpaired) electrons. The molecule has 0 aliphatic carbocycles. The average molecular weight is 356 g/mol. The fourth-order valence-electron chi connectivity index (χ4n) is 2.70. The van der Waals surface area contributed by atoms with Crippen LogP contribution in [0.4, 0.5) is 0 Å². The molecule has 2 nitrogen and oxygen atoms in total. The summed E-state index contributed by atoms with van der Waals surface area (Å²) in [5.74, 6) is 0. The van der Waals surface area contributed by atoms with Crippen LogP contribution in [0, 0.1) is 0 Å². The predicted molar refractivity (Wildman–Crippen MR) is 103 cm³/mol. The zero-order valence-electron chi connectivity index (χ0n) is 13.4. The van der Waals surface area contributed by atoms with Crippen molar-refractivity contribution in [2.24, 2.45) is 0 Å². The summed E-state index contributed by atoms with van der Waals surface area (Å²) in [4.78, 5) is 0. The summed E-state index contributed by atoms with van der Waals surface area (Å²) in [7, 11) is -2.95. The molecule has 0 fully saturated rings. The summed E-state index contributed by atoms with van der Waals surface area (Å²) in [5.41, 5.74) is 1.01. The van der Waals surface area contributed by atoms with Gasteiger partial charge in [0.15, 0.2) is 0 Å². The van der Waals surface area contributed by atoms with Crippen molar-refractivity contribution in [1.29, 1.82) is 0 Å². The lowest BCUT2D eigenvalue weighted by molar-refractivity contribution is 0.568. The minimum Gasteiger partial charge on any atom is -0.297 e. The Labute approximate surface area is 147 Å². The van der Waals surface area contributed by atoms with E-state index in [1.165, 1.54) is 0 Å². The molecule has 0 saturated carbocycles. The lowest BCUT2D eigenvalue weighted by Crippen LogP contribution is -2.29. The van der Waals surface area contributed by atoms with Gasteiger partial charge in [0, 0.05) is 21.7 Å². The standard InChI is InChI=1S/C20H19ClNOP/c1-16(17-9-8-10-18(21)15-17)22-24(23,19-11-4-2-5-12-19)20-13-6-3-7-14-20/h2-16H,1H3,(H,22,23)/t16-/m1/s1. The van der Waals surface area contributed by atoms with Gasteiger partial charge in [0.05, 0.1) is 0 Å². The van der Waals surface area contributed by atoms with Crippen molar-refractivity contribution in [3.63, 3.8) is 0 Å². The Kier molecular flexibility index (Phi) is 5.20. The zero-order valence-corrected chi connectivity index (χ0v) is 15.0. The van der Waals surface area contributed by atoms with Gasteiger partial charge in [-0.1, -0.05) is 60.1 Å². The Morgan fingerprint density at radius 2 is 1.38 bits per heavy atom. The van der Waals surface area contributed by atoms with Crippen LogP contribution in [0.25, 0.3) is 0 Å². The molecule has 0 amide bonds. The van der Waals surface area contributed by atoms with E-state index in [4.69, 9.17) is 11.6 Å². The highest BCUT2D eigenvalue weighted by Crippen LogP contribution is 2.41. The zero-order chi connectivity index (χ0) is 17.0. The van der Waals surface area contributed by atoms with Crippen molar-refractivity contribution in [3.05, 3.63) is 95.5 Å². The van der Waals surface area contributed by atoms with Gasteiger partial charge in [-0.3, -0.25) is 9.65 Å². The van der Waals surface area contributed by atoms with Crippen LogP contribution in [-0.4, -0.2) is 0 Å². The number of hydrogen-bond donors (Lipinski definition) is 1. The van der Waals surface area contributed by atoms with Gasteiger partial charge in [0.1, 0.15) is 0 Å². The first-order valence-corrected chi connectivity index (χ1v) is 9.92. The molecule has 0 aromatic heterocycles. The van der Waals surface area contributed by atoms with Gasteiger partial charge in [-0.25, -0.2) is 0 Å². The van der Waals surface area contributed by atoms with Crippen molar-refractivity contribution < 1.29 is 4.57 Å². The highest BCUT2D eigenvalue weighted by Gasteiger charge is 2.29. The molecule has 3 rings (SSSR count). The SMILES string of the molecule is C[C@@H](NP(=O)(c1ccccc1)c1ccccc1)c1cccc(Cl)c1. The maximum atomic E-state index is 13.9. The normalized spacial score (nSPS) is 12.8. The first-order valence-electron chi connectivity index (χ1n) is 7.84. The molecule has 3 aromatic rings. The largest absolute Gasteiger partial charge is 0.297 e. The molecule has 0 bridgehead atoms. The van der Waals surface area contributed by atoms with Crippen LogP contribution in [0.5, 0.6) is 0 Å². The van der Waals surface area contributed by atoms with E-state index < -0.39 is 7.29 Å². The summed E-state index contributed by atoms with van der Waals surface area (Å²) >= 11 is 6.10. The van der Waals surface area contributed by atoms with Crippen LogP contribution >= 0.6 is 18.9 Å². The van der Waals surface area contributed by atoms with Gasteiger partial charge in [0.2, 0.25) is 7.29 Å². The van der Waals surface area contributed by atoms with Crippen molar-refractivity contribution >= 4 is 29.5 Å². The Morgan fingerprint density at radius 3 is 1.88 bits per heavy atom. The van der Waals surface area contributed by atoms with E-state index in [-0.39, 0.29) is 6.04 Å². The van der Waals surface area contributed by atoms with Crippen molar-refractivity contribution in [1.82, 2.24) is 5.09 Å². The number of nitrogens with one attached hydrogen (secondary N) is 1. The quantitative estimate of drug-likeness (QED) is 0.658. The van der Waals surface area contributed by atoms with Gasteiger partial charge in [-0.2, -0.15) is 0 Å². The van der Waals surface area contributed by atoms with Gasteiger partial charge in [-0.15, -0.1) is 0 Å². The lowest BCUT2D eigenvalue weighted by Gasteiger charge is -2.25. The minimum absolute atomic E-state index is 0.102. The number of benzene rings is 3. The third-order valence-corrected chi connectivity index (χ3v) is 7.00. The lowest BCUT2D eigenvalue weighted by atomic mass is 10.1. The van der Waals surface area contributed by atoms with E-state index in [1.54, 1.807) is 0 Å². The monoisotopic (exact) mass is 355 g/mol. The fourth-order valence-corrected chi connectivity index (χ4v) is 5.37. The molecule has 0 aliphatic heterocycles. The Hall–Kier alpha value is -1.86. The summed E-state index contributed by atoms with van der Waals surface area (Å²) in [6.07, 6.45) is 0. The summed E-state index contributed by atoms with van der Waals surface area (Å²) in [6, 6.07) is 26.7. The Balaban J connectivity index is 2.02. The molecule has 0 aliphatic rings. The van der Waals surface area contributed by atoms with Gasteiger partial charge in [-0.05, 0) is 48.9 Å². The molecule has 0 spiro atoms. The highest BCUT2D eigenvalue weighted by molar-refractivity contribution is 7.76. The molecule has 0 heterocycles. The first-order chi connectivity index (χ1) is 11.6. The predicted octanol–water partition coefficient (Wildman–Crippen LogP) is 4.92. The summed E-state index contributed by atoms with van der Waals surface area (Å²) < 4.78 is 13.9. The Morgan fingerprint density at radius 1 is 0.833 bits per heavy atom. The van der Waals surface area contributed by atoms with Crippen molar-refractivity contribution in [2.75, 3.05) is 0 Å². The summed E-state index contributed by atoms with van der Waals surface area (Å²) in [5, 5.41) is 5.64. The average Bonchev–Trinajstić information content (AvgIpc) is 2.63. The van der Waals surface area contributed by atoms with Gasteiger partial charge >= 0.3 is 0 Å². The highest BCUT2D eigenvalue weighted by atomic mass is 35.5. The molecular weight excluding hydrogens is 337 g/mol. The topological polar surface area (TPSA) is 29.1 Å². The van der Waals surface area contributed by atoms with Crippen LogP contribution in [0.3, 0.4) is 0 Å². The van der Waals surface area contributed by atoms with E-state index in [0.717, 1.165) is 16.2 Å². The fraction of sp³-hybridized carbons (Fsp3) is 0.100. The van der Waals surface area contributed by atoms with E-state index in [2.05, 4.69) is 5.09 Å². The molecule has 1 atom stereocenters. The van der Waals surface area contributed by atoms with Crippen molar-refractivity contribution in [2.45, 2.75) is 13.0 Å². The smallest absolute Gasteiger partial charge is 0.205 e. The summed E-state index contributed by atoms with van der Waals surface area (Å²) in [6.45, 7) is 2.00. The second-order valence-corrected chi connectivity index (χ2v) is 8.63. The second-order valence-electron chi connectivity index (χ2n) is 5.69. The van der Waals surface area contributed by atoms with E-state index in [0.29, 0.717) is 5.02 Å². The van der Waals surface area contributed by atoms with Crippen LogP contribution in [0.1, 0.15) is 18.5 Å². The maximum Gasteiger partial charge on any atom is 0.205 e. The minimum atomic E-state index is -2.95. The van der Waals surface area contributed by atoms with E-state index in [1.807, 2.05) is 91.9 Å². The molecule has 122 valence electrons. The third-order valence-electron chi connectivity index (χ3n) is 3.96. The van der Waals surface area contributed by atoms with Gasteiger partial charge in [0.25, 0.3) is 0 Å². The van der Waals surface area contributed by atoms with Crippen LogP contribution < -0.4 is 15.7 Å². The Bertz CT molecular complexity index is 808. The van der Waals surface area contributed by atoms with Crippen LogP contribution in [-0.2, 0) is 4.57 Å². The molecule has 0 unspecified atom stereocenters. The molecular formula is C20H19ClNOP. The number of hydrogen-bond acceptors (Lipinski definition) is 1. The van der Waals surface area contributed by atoms with Crippen molar-refractivity contribution in [3.8, 4) is 0 Å². The second kappa shape index (κ2) is 7.36. The number of halogens is 1. The van der Waals surface area contributed by atoms with E-state index >= 15 is 0 Å². The van der Waals surface area contributed by atoms with E-state index in [9.17, 15) is 4.57 Å². The van der Waals surface area contributed by atoms with Gasteiger partial charge < -0.3 is 0 Å².